The van der Waals surface area contributed by atoms with Gasteiger partial charge in [-0.3, -0.25) is 14.4 Å². The molecule has 8 nitrogen and oxygen atoms in total. The molecule has 0 saturated heterocycles. The van der Waals surface area contributed by atoms with Crippen molar-refractivity contribution in [3.63, 3.8) is 0 Å². The minimum absolute atomic E-state index is 0.235. The van der Waals surface area contributed by atoms with Crippen molar-refractivity contribution in [1.29, 1.82) is 0 Å². The van der Waals surface area contributed by atoms with Crippen molar-refractivity contribution in [3.8, 4) is 5.75 Å². The number of aryl methyl sites for hydroxylation is 2. The van der Waals surface area contributed by atoms with Crippen molar-refractivity contribution in [3.05, 3.63) is 58.1 Å². The van der Waals surface area contributed by atoms with Crippen molar-refractivity contribution in [2.75, 3.05) is 18.5 Å². The van der Waals surface area contributed by atoms with Crippen molar-refractivity contribution in [2.24, 2.45) is 5.10 Å². The third kappa shape index (κ3) is 7.75. The molecule has 2 rings (SSSR count). The van der Waals surface area contributed by atoms with E-state index in [0.29, 0.717) is 35.0 Å². The lowest BCUT2D eigenvalue weighted by Crippen LogP contribution is -2.38. The van der Waals surface area contributed by atoms with Gasteiger partial charge in [0.2, 0.25) is 0 Å². The van der Waals surface area contributed by atoms with Crippen molar-refractivity contribution < 1.29 is 19.1 Å². The van der Waals surface area contributed by atoms with Crippen LogP contribution in [-0.2, 0) is 14.4 Å². The number of amides is 3. The predicted octanol–water partition coefficient (Wildman–Crippen LogP) is 2.95. The average Bonchev–Trinajstić information content (AvgIpc) is 2.73. The first kappa shape index (κ1) is 23.9. The van der Waals surface area contributed by atoms with E-state index in [1.54, 1.807) is 18.2 Å². The number of anilines is 1. The Kier molecular flexibility index (Phi) is 9.02. The molecule has 164 valence electrons. The summed E-state index contributed by atoms with van der Waals surface area (Å²) in [5, 5.41) is 9.43. The van der Waals surface area contributed by atoms with Crippen LogP contribution in [-0.4, -0.2) is 37.1 Å². The van der Waals surface area contributed by atoms with Crippen LogP contribution in [0.5, 0.6) is 5.75 Å². The Bertz CT molecular complexity index is 991. The molecule has 0 fully saturated rings. The molecule has 0 spiro atoms. The van der Waals surface area contributed by atoms with E-state index in [-0.39, 0.29) is 12.5 Å². The summed E-state index contributed by atoms with van der Waals surface area (Å²) >= 11 is 6.02. The SMILES string of the molecule is CCCNC(=O)C(=O)N/N=C\c1cc(Cl)ccc1OCC(=O)Nc1ccc(C)cc1C. The van der Waals surface area contributed by atoms with Crippen LogP contribution in [0, 0.1) is 13.8 Å². The number of hydrogen-bond donors (Lipinski definition) is 3. The molecule has 9 heteroatoms. The van der Waals surface area contributed by atoms with Gasteiger partial charge in [-0.05, 0) is 50.1 Å². The normalized spacial score (nSPS) is 10.6. The Labute approximate surface area is 186 Å². The Morgan fingerprint density at radius 3 is 2.58 bits per heavy atom. The third-order valence-corrected chi connectivity index (χ3v) is 4.33. The maximum atomic E-state index is 12.3. The van der Waals surface area contributed by atoms with E-state index in [2.05, 4.69) is 21.2 Å². The van der Waals surface area contributed by atoms with E-state index in [0.717, 1.165) is 11.1 Å². The van der Waals surface area contributed by atoms with E-state index in [1.165, 1.54) is 6.21 Å². The molecule has 31 heavy (non-hydrogen) atoms. The quantitative estimate of drug-likeness (QED) is 0.330. The number of halogens is 1. The molecule has 3 N–H and O–H groups in total. The summed E-state index contributed by atoms with van der Waals surface area (Å²) in [6.07, 6.45) is 2.00. The van der Waals surface area contributed by atoms with E-state index >= 15 is 0 Å². The highest BCUT2D eigenvalue weighted by Crippen LogP contribution is 2.22. The summed E-state index contributed by atoms with van der Waals surface area (Å²) in [5.41, 5.74) is 5.33. The summed E-state index contributed by atoms with van der Waals surface area (Å²) in [6, 6.07) is 10.5. The standard InChI is InChI=1S/C22H25ClN4O4/c1-4-9-24-21(29)22(30)27-25-12-16-11-17(23)6-8-19(16)31-13-20(28)26-18-7-5-14(2)10-15(18)3/h5-8,10-12H,4,9,13H2,1-3H3,(H,24,29)(H,26,28)(H,27,30)/b25-12-. The highest BCUT2D eigenvalue weighted by atomic mass is 35.5. The van der Waals surface area contributed by atoms with E-state index in [9.17, 15) is 14.4 Å². The average molecular weight is 445 g/mol. The molecule has 2 aromatic rings. The summed E-state index contributed by atoms with van der Waals surface area (Å²) in [7, 11) is 0. The first-order valence-electron chi connectivity index (χ1n) is 9.70. The van der Waals surface area contributed by atoms with Crippen LogP contribution >= 0.6 is 11.6 Å². The summed E-state index contributed by atoms with van der Waals surface area (Å²) in [4.78, 5) is 35.5. The van der Waals surface area contributed by atoms with Crippen LogP contribution < -0.4 is 20.8 Å². The molecule has 0 bridgehead atoms. The summed E-state index contributed by atoms with van der Waals surface area (Å²) < 4.78 is 5.59. The van der Waals surface area contributed by atoms with Crippen LogP contribution in [0.15, 0.2) is 41.5 Å². The van der Waals surface area contributed by atoms with Crippen molar-refractivity contribution in [1.82, 2.24) is 10.7 Å². The number of ether oxygens (including phenoxy) is 1. The van der Waals surface area contributed by atoms with Crippen LogP contribution in [0.25, 0.3) is 0 Å². The molecule has 0 atom stereocenters. The molecule has 0 radical (unpaired) electrons. The van der Waals surface area contributed by atoms with Gasteiger partial charge in [-0.25, -0.2) is 5.43 Å². The first-order chi connectivity index (χ1) is 14.8. The fourth-order valence-corrected chi connectivity index (χ4v) is 2.75. The molecule has 0 aliphatic rings. The first-order valence-corrected chi connectivity index (χ1v) is 10.1. The molecular formula is C22H25ClN4O4. The maximum Gasteiger partial charge on any atom is 0.329 e. The Hall–Kier alpha value is -3.39. The smallest absolute Gasteiger partial charge is 0.329 e. The molecule has 0 aliphatic heterocycles. The van der Waals surface area contributed by atoms with Crippen LogP contribution in [0.2, 0.25) is 5.02 Å². The summed E-state index contributed by atoms with van der Waals surface area (Å²) in [6.45, 7) is 5.92. The third-order valence-electron chi connectivity index (χ3n) is 4.10. The van der Waals surface area contributed by atoms with Gasteiger partial charge in [0.15, 0.2) is 6.61 Å². The predicted molar refractivity (Wildman–Crippen MR) is 121 cm³/mol. The number of hydrogen-bond acceptors (Lipinski definition) is 5. The van der Waals surface area contributed by atoms with Gasteiger partial charge >= 0.3 is 11.8 Å². The lowest BCUT2D eigenvalue weighted by molar-refractivity contribution is -0.139. The number of carbonyl (C=O) groups is 3. The molecule has 0 unspecified atom stereocenters. The number of rotatable bonds is 8. The molecular weight excluding hydrogens is 420 g/mol. The number of carbonyl (C=O) groups excluding carboxylic acids is 3. The number of benzene rings is 2. The van der Waals surface area contributed by atoms with Gasteiger partial charge in [-0.15, -0.1) is 0 Å². The van der Waals surface area contributed by atoms with Gasteiger partial charge in [0.25, 0.3) is 5.91 Å². The fourth-order valence-electron chi connectivity index (χ4n) is 2.57. The van der Waals surface area contributed by atoms with Crippen LogP contribution in [0.1, 0.15) is 30.0 Å². The lowest BCUT2D eigenvalue weighted by Gasteiger charge is -2.11. The van der Waals surface area contributed by atoms with Gasteiger partial charge in [-0.2, -0.15) is 5.10 Å². The summed E-state index contributed by atoms with van der Waals surface area (Å²) in [5.74, 6) is -1.65. The second-order valence-electron chi connectivity index (χ2n) is 6.79. The Morgan fingerprint density at radius 1 is 1.10 bits per heavy atom. The molecule has 0 aromatic heterocycles. The zero-order valence-electron chi connectivity index (χ0n) is 17.6. The largest absolute Gasteiger partial charge is 0.483 e. The Balaban J connectivity index is 1.98. The zero-order chi connectivity index (χ0) is 22.8. The fraction of sp³-hybridized carbons (Fsp3) is 0.273. The zero-order valence-corrected chi connectivity index (χ0v) is 18.4. The van der Waals surface area contributed by atoms with Gasteiger partial charge in [0, 0.05) is 22.8 Å². The molecule has 3 amide bonds. The van der Waals surface area contributed by atoms with Crippen LogP contribution in [0.3, 0.4) is 0 Å². The van der Waals surface area contributed by atoms with Gasteiger partial charge < -0.3 is 15.4 Å². The number of nitrogens with one attached hydrogen (secondary N) is 3. The van der Waals surface area contributed by atoms with Gasteiger partial charge in [0.05, 0.1) is 6.21 Å². The number of hydrazone groups is 1. The molecule has 0 aliphatic carbocycles. The topological polar surface area (TPSA) is 109 Å². The lowest BCUT2D eigenvalue weighted by atomic mass is 10.1. The minimum atomic E-state index is -0.887. The van der Waals surface area contributed by atoms with E-state index in [1.807, 2.05) is 39.0 Å². The van der Waals surface area contributed by atoms with Crippen LogP contribution in [0.4, 0.5) is 5.69 Å². The molecule has 0 heterocycles. The monoisotopic (exact) mass is 444 g/mol. The highest BCUT2D eigenvalue weighted by molar-refractivity contribution is 6.35. The Morgan fingerprint density at radius 2 is 1.87 bits per heavy atom. The highest BCUT2D eigenvalue weighted by Gasteiger charge is 2.12. The molecule has 0 saturated carbocycles. The van der Waals surface area contributed by atoms with E-state index in [4.69, 9.17) is 16.3 Å². The second kappa shape index (κ2) is 11.7. The van der Waals surface area contributed by atoms with Gasteiger partial charge in [-0.1, -0.05) is 36.2 Å². The van der Waals surface area contributed by atoms with Crippen molar-refractivity contribution >= 4 is 41.2 Å². The minimum Gasteiger partial charge on any atom is -0.483 e. The number of nitrogens with zero attached hydrogens (tertiary/aromatic N) is 1. The maximum absolute atomic E-state index is 12.3. The van der Waals surface area contributed by atoms with Crippen molar-refractivity contribution in [2.45, 2.75) is 27.2 Å². The molecule has 2 aromatic carbocycles. The second-order valence-corrected chi connectivity index (χ2v) is 7.23. The van der Waals surface area contributed by atoms with Gasteiger partial charge in [0.1, 0.15) is 5.75 Å². The van der Waals surface area contributed by atoms with E-state index < -0.39 is 11.8 Å².